The van der Waals surface area contributed by atoms with E-state index in [2.05, 4.69) is 10.4 Å². The Bertz CT molecular complexity index is 462. The molecular weight excluding hydrogens is 218 g/mol. The van der Waals surface area contributed by atoms with Crippen molar-refractivity contribution in [2.24, 2.45) is 0 Å². The van der Waals surface area contributed by atoms with Crippen LogP contribution in [0.4, 0.5) is 0 Å². The topological polar surface area (TPSA) is 52.2 Å². The second-order valence-electron chi connectivity index (χ2n) is 3.71. The quantitative estimate of drug-likeness (QED) is 0.827. The summed E-state index contributed by atoms with van der Waals surface area (Å²) in [5, 5.41) is 7.31. The molecule has 0 amide bonds. The van der Waals surface area contributed by atoms with Gasteiger partial charge < -0.3 is 14.5 Å². The van der Waals surface area contributed by atoms with E-state index >= 15 is 0 Å². The molecule has 0 aromatic carbocycles. The fourth-order valence-electron chi connectivity index (χ4n) is 1.67. The molecule has 0 spiro atoms. The number of nitrogens with one attached hydrogen (secondary N) is 1. The largest absolute Gasteiger partial charge is 0.491 e. The number of aromatic nitrogens is 2. The number of hydrogen-bond acceptors (Lipinski definition) is 4. The van der Waals surface area contributed by atoms with Gasteiger partial charge in [0.2, 0.25) is 0 Å². The van der Waals surface area contributed by atoms with Crippen molar-refractivity contribution in [3.63, 3.8) is 0 Å². The number of nitrogens with zero attached hydrogens (tertiary/aromatic N) is 2. The van der Waals surface area contributed by atoms with Crippen LogP contribution in [0, 0.1) is 0 Å². The molecule has 1 N–H and O–H groups in total. The Morgan fingerprint density at radius 3 is 3.18 bits per heavy atom. The molecule has 5 nitrogen and oxygen atoms in total. The first-order valence-electron chi connectivity index (χ1n) is 5.68. The molecule has 2 heterocycles. The first-order valence-corrected chi connectivity index (χ1v) is 5.68. The average molecular weight is 235 g/mol. The second-order valence-corrected chi connectivity index (χ2v) is 3.71. The highest BCUT2D eigenvalue weighted by Gasteiger charge is 2.07. The number of ether oxygens (including phenoxy) is 1. The molecule has 0 atom stereocenters. The van der Waals surface area contributed by atoms with Gasteiger partial charge in [-0.25, -0.2) is 0 Å². The summed E-state index contributed by atoms with van der Waals surface area (Å²) in [6.45, 7) is 4.03. The van der Waals surface area contributed by atoms with Gasteiger partial charge >= 0.3 is 0 Å². The zero-order chi connectivity index (χ0) is 12.1. The molecule has 2 rings (SSSR count). The monoisotopic (exact) mass is 235 g/mol. The van der Waals surface area contributed by atoms with Gasteiger partial charge in [-0.15, -0.1) is 0 Å². The highest BCUT2D eigenvalue weighted by Crippen LogP contribution is 2.14. The second kappa shape index (κ2) is 5.54. The zero-order valence-electron chi connectivity index (χ0n) is 10.1. The lowest BCUT2D eigenvalue weighted by Gasteiger charge is -2.02. The van der Waals surface area contributed by atoms with Crippen LogP contribution in [-0.4, -0.2) is 23.4 Å². The summed E-state index contributed by atoms with van der Waals surface area (Å²) in [6, 6.07) is 1.97. The van der Waals surface area contributed by atoms with Crippen LogP contribution >= 0.6 is 0 Å². The number of furan rings is 1. The van der Waals surface area contributed by atoms with Crippen LogP contribution in [0.2, 0.25) is 0 Å². The van der Waals surface area contributed by atoms with E-state index in [1.165, 1.54) is 0 Å². The molecule has 0 saturated heterocycles. The molecule has 0 fully saturated rings. The molecule has 5 heteroatoms. The number of rotatable bonds is 6. The van der Waals surface area contributed by atoms with Gasteiger partial charge in [-0.2, -0.15) is 5.10 Å². The Morgan fingerprint density at radius 1 is 1.53 bits per heavy atom. The van der Waals surface area contributed by atoms with Crippen molar-refractivity contribution in [1.29, 1.82) is 0 Å². The zero-order valence-corrected chi connectivity index (χ0v) is 10.1. The van der Waals surface area contributed by atoms with Gasteiger partial charge in [-0.3, -0.25) is 4.68 Å². The van der Waals surface area contributed by atoms with Crippen LogP contribution in [0.5, 0.6) is 5.75 Å². The first kappa shape index (κ1) is 11.7. The van der Waals surface area contributed by atoms with E-state index < -0.39 is 0 Å². The molecule has 0 aliphatic heterocycles. The van der Waals surface area contributed by atoms with Gasteiger partial charge in [0.1, 0.15) is 5.76 Å². The Morgan fingerprint density at radius 2 is 2.41 bits per heavy atom. The van der Waals surface area contributed by atoms with Crippen molar-refractivity contribution in [3.05, 3.63) is 36.0 Å². The minimum Gasteiger partial charge on any atom is -0.491 e. The first-order chi connectivity index (χ1) is 8.33. The molecule has 92 valence electrons. The van der Waals surface area contributed by atoms with Crippen molar-refractivity contribution in [3.8, 4) is 5.75 Å². The van der Waals surface area contributed by atoms with Crippen molar-refractivity contribution in [1.82, 2.24) is 15.1 Å². The van der Waals surface area contributed by atoms with Crippen LogP contribution in [0.3, 0.4) is 0 Å². The molecule has 0 radical (unpaired) electrons. The minimum atomic E-state index is 0.655. The fourth-order valence-corrected chi connectivity index (χ4v) is 1.67. The van der Waals surface area contributed by atoms with Crippen LogP contribution < -0.4 is 10.1 Å². The normalized spacial score (nSPS) is 10.7. The molecule has 2 aromatic heterocycles. The maximum absolute atomic E-state index is 5.40. The third-order valence-electron chi connectivity index (χ3n) is 2.43. The Kier molecular flexibility index (Phi) is 3.82. The van der Waals surface area contributed by atoms with Crippen LogP contribution in [-0.2, 0) is 13.1 Å². The van der Waals surface area contributed by atoms with E-state index in [0.29, 0.717) is 13.2 Å². The number of hydrogen-bond donors (Lipinski definition) is 1. The van der Waals surface area contributed by atoms with Gasteiger partial charge in [0.05, 0.1) is 38.4 Å². The highest BCUT2D eigenvalue weighted by molar-refractivity contribution is 5.19. The maximum Gasteiger partial charge on any atom is 0.157 e. The van der Waals surface area contributed by atoms with E-state index in [0.717, 1.165) is 23.6 Å². The van der Waals surface area contributed by atoms with E-state index in [4.69, 9.17) is 9.15 Å². The third-order valence-corrected chi connectivity index (χ3v) is 2.43. The summed E-state index contributed by atoms with van der Waals surface area (Å²) in [6.07, 6.45) is 5.32. The van der Waals surface area contributed by atoms with Crippen molar-refractivity contribution in [2.75, 3.05) is 13.7 Å². The van der Waals surface area contributed by atoms with Gasteiger partial charge in [0.25, 0.3) is 0 Å². The smallest absolute Gasteiger partial charge is 0.157 e. The Hall–Kier alpha value is -1.75. The molecular formula is C12H17N3O2. The Balaban J connectivity index is 2.05. The lowest BCUT2D eigenvalue weighted by Crippen LogP contribution is -2.08. The van der Waals surface area contributed by atoms with Crippen molar-refractivity contribution >= 4 is 0 Å². The maximum atomic E-state index is 5.40. The van der Waals surface area contributed by atoms with Crippen LogP contribution in [0.15, 0.2) is 29.1 Å². The summed E-state index contributed by atoms with van der Waals surface area (Å²) < 4.78 is 12.6. The SMILES string of the molecule is CCOc1cnn(Cc2ccoc2CNC)c1. The lowest BCUT2D eigenvalue weighted by atomic mass is 10.2. The summed E-state index contributed by atoms with van der Waals surface area (Å²) >= 11 is 0. The van der Waals surface area contributed by atoms with Crippen molar-refractivity contribution < 1.29 is 9.15 Å². The molecule has 0 aliphatic rings. The molecule has 2 aromatic rings. The van der Waals surface area contributed by atoms with Crippen LogP contribution in [0.1, 0.15) is 18.2 Å². The van der Waals surface area contributed by atoms with Crippen molar-refractivity contribution in [2.45, 2.75) is 20.0 Å². The lowest BCUT2D eigenvalue weighted by molar-refractivity contribution is 0.340. The third kappa shape index (κ3) is 2.88. The van der Waals surface area contributed by atoms with E-state index in [9.17, 15) is 0 Å². The van der Waals surface area contributed by atoms with E-state index in [1.54, 1.807) is 12.5 Å². The molecule has 0 aliphatic carbocycles. The molecule has 0 unspecified atom stereocenters. The summed E-state index contributed by atoms with van der Waals surface area (Å²) in [4.78, 5) is 0. The summed E-state index contributed by atoms with van der Waals surface area (Å²) in [5.74, 6) is 1.74. The van der Waals surface area contributed by atoms with Gasteiger partial charge in [0.15, 0.2) is 5.75 Å². The van der Waals surface area contributed by atoms with Crippen LogP contribution in [0.25, 0.3) is 0 Å². The molecule has 17 heavy (non-hydrogen) atoms. The predicted molar refractivity (Wildman–Crippen MR) is 64.0 cm³/mol. The average Bonchev–Trinajstić information content (AvgIpc) is 2.91. The summed E-state index contributed by atoms with van der Waals surface area (Å²) in [5.41, 5.74) is 1.13. The summed E-state index contributed by atoms with van der Waals surface area (Å²) in [7, 11) is 1.90. The van der Waals surface area contributed by atoms with Gasteiger partial charge in [0, 0.05) is 5.56 Å². The van der Waals surface area contributed by atoms with Gasteiger partial charge in [-0.1, -0.05) is 0 Å². The highest BCUT2D eigenvalue weighted by atomic mass is 16.5. The molecule has 0 saturated carbocycles. The Labute approximate surface area is 100 Å². The molecule has 0 bridgehead atoms. The fraction of sp³-hybridized carbons (Fsp3) is 0.417. The van der Waals surface area contributed by atoms with Gasteiger partial charge in [-0.05, 0) is 20.0 Å². The standard InChI is InChI=1S/C12H17N3O2/c1-3-16-11-6-14-15(9-11)8-10-4-5-17-12(10)7-13-2/h4-6,9,13H,3,7-8H2,1-2H3. The predicted octanol–water partition coefficient (Wildman–Crippen LogP) is 1.64. The van der Waals surface area contributed by atoms with E-state index in [-0.39, 0.29) is 0 Å². The minimum absolute atomic E-state index is 0.655. The van der Waals surface area contributed by atoms with E-state index in [1.807, 2.05) is 30.9 Å².